The lowest BCUT2D eigenvalue weighted by Crippen LogP contribution is -1.87. The largest absolute Gasteiger partial charge is 0.398 e. The van der Waals surface area contributed by atoms with Crippen molar-refractivity contribution in [3.63, 3.8) is 0 Å². The van der Waals surface area contributed by atoms with Gasteiger partial charge in [-0.1, -0.05) is 18.2 Å². The van der Waals surface area contributed by atoms with Gasteiger partial charge in [0.15, 0.2) is 0 Å². The van der Waals surface area contributed by atoms with E-state index < -0.39 is 0 Å². The summed E-state index contributed by atoms with van der Waals surface area (Å²) in [5.41, 5.74) is 7.46. The number of aromatic nitrogens is 1. The first kappa shape index (κ1) is 9.00. The van der Waals surface area contributed by atoms with Crippen molar-refractivity contribution in [1.82, 2.24) is 4.98 Å². The van der Waals surface area contributed by atoms with Crippen molar-refractivity contribution in [2.75, 3.05) is 5.73 Å². The highest BCUT2D eigenvalue weighted by Crippen LogP contribution is 2.16. The van der Waals surface area contributed by atoms with Gasteiger partial charge in [0.1, 0.15) is 0 Å². The normalized spacial score (nSPS) is 9.33. The number of nitrogens with zero attached hydrogens (tertiary/aromatic N) is 1. The second-order valence-corrected chi connectivity index (χ2v) is 2.42. The van der Waals surface area contributed by atoms with Gasteiger partial charge in [-0.15, -0.1) is 17.0 Å². The molecule has 0 amide bonds. The maximum atomic E-state index is 5.72. The number of para-hydroxylation sites is 1. The van der Waals surface area contributed by atoms with Crippen LogP contribution >= 0.6 is 17.0 Å². The van der Waals surface area contributed by atoms with Crippen molar-refractivity contribution in [2.24, 2.45) is 0 Å². The van der Waals surface area contributed by atoms with E-state index in [2.05, 4.69) is 4.98 Å². The summed E-state index contributed by atoms with van der Waals surface area (Å²) in [4.78, 5) is 4.16. The zero-order chi connectivity index (χ0) is 7.68. The van der Waals surface area contributed by atoms with Crippen molar-refractivity contribution >= 4 is 33.6 Å². The average Bonchev–Trinajstić information content (AvgIpc) is 2.06. The van der Waals surface area contributed by atoms with Crippen LogP contribution in [0.4, 0.5) is 5.69 Å². The van der Waals surface area contributed by atoms with Crippen molar-refractivity contribution in [1.29, 1.82) is 0 Å². The topological polar surface area (TPSA) is 38.9 Å². The predicted molar refractivity (Wildman–Crippen MR) is 56.5 cm³/mol. The Morgan fingerprint density at radius 2 is 1.83 bits per heavy atom. The van der Waals surface area contributed by atoms with Crippen LogP contribution in [0.2, 0.25) is 0 Å². The molecule has 0 atom stereocenters. The molecule has 0 saturated heterocycles. The van der Waals surface area contributed by atoms with Gasteiger partial charge in [-0.2, -0.15) is 0 Å². The lowest BCUT2D eigenvalue weighted by atomic mass is 10.2. The van der Waals surface area contributed by atoms with Crippen molar-refractivity contribution in [3.05, 3.63) is 36.5 Å². The SMILES string of the molecule is Br.Nc1ccnc2ccccc12. The molecule has 0 saturated carbocycles. The lowest BCUT2D eigenvalue weighted by Gasteiger charge is -1.97. The first-order chi connectivity index (χ1) is 5.38. The summed E-state index contributed by atoms with van der Waals surface area (Å²) in [6.07, 6.45) is 1.72. The second kappa shape index (κ2) is 3.54. The number of hydrogen-bond donors (Lipinski definition) is 1. The van der Waals surface area contributed by atoms with Gasteiger partial charge >= 0.3 is 0 Å². The summed E-state index contributed by atoms with van der Waals surface area (Å²) < 4.78 is 0. The van der Waals surface area contributed by atoms with E-state index in [4.69, 9.17) is 5.73 Å². The fourth-order valence-electron chi connectivity index (χ4n) is 1.12. The van der Waals surface area contributed by atoms with E-state index >= 15 is 0 Å². The van der Waals surface area contributed by atoms with Gasteiger partial charge in [-0.25, -0.2) is 0 Å². The maximum absolute atomic E-state index is 5.72. The van der Waals surface area contributed by atoms with Crippen molar-refractivity contribution in [3.8, 4) is 0 Å². The van der Waals surface area contributed by atoms with Crippen LogP contribution in [0.25, 0.3) is 10.9 Å². The van der Waals surface area contributed by atoms with Crippen LogP contribution in [0.5, 0.6) is 0 Å². The van der Waals surface area contributed by atoms with E-state index in [9.17, 15) is 0 Å². The molecule has 2 rings (SSSR count). The monoisotopic (exact) mass is 224 g/mol. The molecule has 1 aromatic carbocycles. The van der Waals surface area contributed by atoms with Gasteiger partial charge in [-0.3, -0.25) is 4.98 Å². The quantitative estimate of drug-likeness (QED) is 0.747. The van der Waals surface area contributed by atoms with E-state index in [1.807, 2.05) is 30.3 Å². The molecule has 0 bridgehead atoms. The van der Waals surface area contributed by atoms with Crippen LogP contribution in [-0.4, -0.2) is 4.98 Å². The molecule has 1 aromatic heterocycles. The molecule has 0 unspecified atom stereocenters. The third-order valence-electron chi connectivity index (χ3n) is 1.68. The maximum Gasteiger partial charge on any atom is 0.0722 e. The van der Waals surface area contributed by atoms with Crippen molar-refractivity contribution < 1.29 is 0 Å². The molecule has 2 N–H and O–H groups in total. The minimum Gasteiger partial charge on any atom is -0.398 e. The number of nitrogen functional groups attached to an aromatic ring is 1. The van der Waals surface area contributed by atoms with Crippen LogP contribution < -0.4 is 5.73 Å². The van der Waals surface area contributed by atoms with E-state index in [0.717, 1.165) is 16.6 Å². The molecule has 1 heterocycles. The smallest absolute Gasteiger partial charge is 0.0722 e. The summed E-state index contributed by atoms with van der Waals surface area (Å²) in [6.45, 7) is 0. The molecule has 0 fully saturated rings. The fourth-order valence-corrected chi connectivity index (χ4v) is 1.12. The number of fused-ring (bicyclic) bond motifs is 1. The molecule has 62 valence electrons. The standard InChI is InChI=1S/C9H8N2.BrH/c10-8-5-6-11-9-4-2-1-3-7(8)9;/h1-6H,(H2,10,11);1H. The molecule has 0 radical (unpaired) electrons. The Morgan fingerprint density at radius 3 is 2.58 bits per heavy atom. The predicted octanol–water partition coefficient (Wildman–Crippen LogP) is 2.39. The summed E-state index contributed by atoms with van der Waals surface area (Å²) in [7, 11) is 0. The van der Waals surface area contributed by atoms with E-state index in [1.165, 1.54) is 0 Å². The summed E-state index contributed by atoms with van der Waals surface area (Å²) >= 11 is 0. The highest BCUT2D eigenvalue weighted by Gasteiger charge is 1.94. The lowest BCUT2D eigenvalue weighted by molar-refractivity contribution is 1.41. The number of halogens is 1. The van der Waals surface area contributed by atoms with Gasteiger partial charge in [0.2, 0.25) is 0 Å². The van der Waals surface area contributed by atoms with Gasteiger partial charge in [0, 0.05) is 17.3 Å². The third-order valence-corrected chi connectivity index (χ3v) is 1.68. The van der Waals surface area contributed by atoms with Gasteiger partial charge < -0.3 is 5.73 Å². The van der Waals surface area contributed by atoms with Gasteiger partial charge in [0.25, 0.3) is 0 Å². The van der Waals surface area contributed by atoms with E-state index in [-0.39, 0.29) is 17.0 Å². The molecule has 0 spiro atoms. The molecule has 0 aliphatic rings. The van der Waals surface area contributed by atoms with Crippen LogP contribution in [0.15, 0.2) is 36.5 Å². The Balaban J connectivity index is 0.000000720. The molecule has 12 heavy (non-hydrogen) atoms. The minimum atomic E-state index is 0. The van der Waals surface area contributed by atoms with Gasteiger partial charge in [-0.05, 0) is 12.1 Å². The molecule has 2 nitrogen and oxygen atoms in total. The molecule has 2 aromatic rings. The Kier molecular flexibility index (Phi) is 2.65. The summed E-state index contributed by atoms with van der Waals surface area (Å²) in [5, 5.41) is 1.02. The van der Waals surface area contributed by atoms with E-state index in [0.29, 0.717) is 0 Å². The van der Waals surface area contributed by atoms with Crippen LogP contribution in [0.1, 0.15) is 0 Å². The molecular weight excluding hydrogens is 216 g/mol. The number of benzene rings is 1. The second-order valence-electron chi connectivity index (χ2n) is 2.42. The Hall–Kier alpha value is -1.09. The van der Waals surface area contributed by atoms with Gasteiger partial charge in [0.05, 0.1) is 5.52 Å². The highest BCUT2D eigenvalue weighted by atomic mass is 79.9. The number of anilines is 1. The number of nitrogens with two attached hydrogens (primary N) is 1. The Labute approximate surface area is 81.2 Å². The number of pyridine rings is 1. The van der Waals surface area contributed by atoms with Crippen molar-refractivity contribution in [2.45, 2.75) is 0 Å². The Bertz CT molecular complexity index is 382. The molecule has 0 aliphatic carbocycles. The number of rotatable bonds is 0. The van der Waals surface area contributed by atoms with E-state index in [1.54, 1.807) is 6.20 Å². The zero-order valence-corrected chi connectivity index (χ0v) is 8.11. The zero-order valence-electron chi connectivity index (χ0n) is 6.40. The Morgan fingerprint density at radius 1 is 1.08 bits per heavy atom. The third kappa shape index (κ3) is 1.41. The van der Waals surface area contributed by atoms with Crippen LogP contribution in [0, 0.1) is 0 Å². The molecule has 3 heteroatoms. The first-order valence-corrected chi connectivity index (χ1v) is 3.47. The molecule has 0 aliphatic heterocycles. The van der Waals surface area contributed by atoms with Crippen LogP contribution in [-0.2, 0) is 0 Å². The summed E-state index contributed by atoms with van der Waals surface area (Å²) in [6, 6.07) is 9.64. The average molecular weight is 225 g/mol. The molecular formula is C9H9BrN2. The first-order valence-electron chi connectivity index (χ1n) is 3.47. The number of hydrogen-bond acceptors (Lipinski definition) is 2. The highest BCUT2D eigenvalue weighted by molar-refractivity contribution is 8.93. The minimum absolute atomic E-state index is 0. The fraction of sp³-hybridized carbons (Fsp3) is 0. The van der Waals surface area contributed by atoms with Crippen LogP contribution in [0.3, 0.4) is 0 Å². The summed E-state index contributed by atoms with van der Waals surface area (Å²) in [5.74, 6) is 0.